The topological polar surface area (TPSA) is 64.9 Å². The van der Waals surface area contributed by atoms with Crippen molar-refractivity contribution in [3.05, 3.63) is 47.1 Å². The lowest BCUT2D eigenvalue weighted by atomic mass is 9.77. The highest BCUT2D eigenvalue weighted by molar-refractivity contribution is 5.85. The van der Waals surface area contributed by atoms with Crippen LogP contribution in [0.25, 0.3) is 0 Å². The molecule has 4 nitrogen and oxygen atoms in total. The van der Waals surface area contributed by atoms with Crippen molar-refractivity contribution in [1.82, 2.24) is 10.1 Å². The van der Waals surface area contributed by atoms with Gasteiger partial charge in [-0.05, 0) is 36.8 Å². The molecule has 2 aromatic rings. The van der Waals surface area contributed by atoms with Gasteiger partial charge in [0.25, 0.3) is 0 Å². The van der Waals surface area contributed by atoms with Crippen LogP contribution in [0, 0.1) is 0 Å². The third-order valence-electron chi connectivity index (χ3n) is 4.42. The van der Waals surface area contributed by atoms with Crippen LogP contribution in [-0.4, -0.2) is 10.1 Å². The van der Waals surface area contributed by atoms with Gasteiger partial charge in [0.05, 0.1) is 11.1 Å². The molecule has 8 heteroatoms. The SMILES string of the molecule is CC(Cc1nc(C2(N)CCC2)no1)c1cccc(C(F)(F)F)c1.Cl. The van der Waals surface area contributed by atoms with Gasteiger partial charge in [0.1, 0.15) is 0 Å². The molecule has 0 radical (unpaired) electrons. The van der Waals surface area contributed by atoms with Crippen molar-refractivity contribution in [2.75, 3.05) is 0 Å². The van der Waals surface area contributed by atoms with Gasteiger partial charge in [0.2, 0.25) is 5.89 Å². The second kappa shape index (κ2) is 6.72. The summed E-state index contributed by atoms with van der Waals surface area (Å²) in [4.78, 5) is 4.32. The molecule has 1 aromatic carbocycles. The first-order valence-electron chi connectivity index (χ1n) is 7.57. The molecule has 0 amide bonds. The van der Waals surface area contributed by atoms with Crippen molar-refractivity contribution in [3.63, 3.8) is 0 Å². The Morgan fingerprint density at radius 1 is 1.33 bits per heavy atom. The number of halogens is 4. The zero-order chi connectivity index (χ0) is 16.7. The Labute approximate surface area is 144 Å². The van der Waals surface area contributed by atoms with E-state index in [-0.39, 0.29) is 18.3 Å². The minimum atomic E-state index is -4.34. The number of benzene rings is 1. The highest BCUT2D eigenvalue weighted by Crippen LogP contribution is 2.37. The van der Waals surface area contributed by atoms with E-state index in [0.717, 1.165) is 31.4 Å². The maximum absolute atomic E-state index is 12.8. The summed E-state index contributed by atoms with van der Waals surface area (Å²) in [6, 6.07) is 5.32. The highest BCUT2D eigenvalue weighted by atomic mass is 35.5. The predicted molar refractivity (Wildman–Crippen MR) is 84.8 cm³/mol. The summed E-state index contributed by atoms with van der Waals surface area (Å²) in [5.41, 5.74) is 5.58. The largest absolute Gasteiger partial charge is 0.416 e. The minimum absolute atomic E-state index is 0. The molecule has 0 aliphatic heterocycles. The van der Waals surface area contributed by atoms with Crippen LogP contribution in [-0.2, 0) is 18.1 Å². The van der Waals surface area contributed by atoms with Gasteiger partial charge in [0, 0.05) is 6.42 Å². The second-order valence-corrected chi connectivity index (χ2v) is 6.25. The molecule has 1 saturated carbocycles. The first-order valence-corrected chi connectivity index (χ1v) is 7.57. The molecule has 0 spiro atoms. The monoisotopic (exact) mass is 361 g/mol. The average molecular weight is 362 g/mol. The van der Waals surface area contributed by atoms with E-state index in [2.05, 4.69) is 10.1 Å². The summed E-state index contributed by atoms with van der Waals surface area (Å²) < 4.78 is 43.6. The van der Waals surface area contributed by atoms with Gasteiger partial charge in [-0.15, -0.1) is 12.4 Å². The number of aromatic nitrogens is 2. The van der Waals surface area contributed by atoms with Crippen molar-refractivity contribution in [2.45, 2.75) is 50.2 Å². The van der Waals surface area contributed by atoms with Crippen molar-refractivity contribution < 1.29 is 17.7 Å². The lowest BCUT2D eigenvalue weighted by molar-refractivity contribution is -0.137. The second-order valence-electron chi connectivity index (χ2n) is 6.25. The summed E-state index contributed by atoms with van der Waals surface area (Å²) in [5.74, 6) is 0.734. The quantitative estimate of drug-likeness (QED) is 0.886. The third-order valence-corrected chi connectivity index (χ3v) is 4.42. The van der Waals surface area contributed by atoms with Crippen LogP contribution in [0.1, 0.15) is 54.9 Å². The van der Waals surface area contributed by atoms with Crippen LogP contribution in [0.5, 0.6) is 0 Å². The van der Waals surface area contributed by atoms with Gasteiger partial charge in [-0.3, -0.25) is 0 Å². The molecule has 1 aliphatic carbocycles. The van der Waals surface area contributed by atoms with Gasteiger partial charge in [-0.25, -0.2) is 0 Å². The zero-order valence-corrected chi connectivity index (χ0v) is 14.0. The van der Waals surface area contributed by atoms with Gasteiger partial charge in [-0.1, -0.05) is 30.3 Å². The van der Waals surface area contributed by atoms with Crippen LogP contribution in [0.15, 0.2) is 28.8 Å². The van der Waals surface area contributed by atoms with Crippen molar-refractivity contribution >= 4 is 12.4 Å². The molecule has 132 valence electrons. The fourth-order valence-corrected chi connectivity index (χ4v) is 2.72. The van der Waals surface area contributed by atoms with E-state index in [9.17, 15) is 13.2 Å². The van der Waals surface area contributed by atoms with E-state index < -0.39 is 17.3 Å². The highest BCUT2D eigenvalue weighted by Gasteiger charge is 2.39. The predicted octanol–water partition coefficient (Wildman–Crippen LogP) is 4.19. The number of hydrogen-bond acceptors (Lipinski definition) is 4. The van der Waals surface area contributed by atoms with Crippen LogP contribution in [0.4, 0.5) is 13.2 Å². The molecule has 1 unspecified atom stereocenters. The molecule has 1 aromatic heterocycles. The molecule has 2 N–H and O–H groups in total. The molecular weight excluding hydrogens is 343 g/mol. The summed E-state index contributed by atoms with van der Waals surface area (Å²) in [7, 11) is 0. The smallest absolute Gasteiger partial charge is 0.339 e. The number of hydrogen-bond donors (Lipinski definition) is 1. The third kappa shape index (κ3) is 3.72. The van der Waals surface area contributed by atoms with Crippen molar-refractivity contribution in [1.29, 1.82) is 0 Å². The summed E-state index contributed by atoms with van der Waals surface area (Å²) in [6.07, 6.45) is -1.26. The number of nitrogens with zero attached hydrogens (tertiary/aromatic N) is 2. The van der Waals surface area contributed by atoms with E-state index in [1.807, 2.05) is 6.92 Å². The first kappa shape index (κ1) is 18.7. The van der Waals surface area contributed by atoms with E-state index in [4.69, 9.17) is 10.3 Å². The van der Waals surface area contributed by atoms with Crippen LogP contribution < -0.4 is 5.73 Å². The molecular formula is C16H19ClF3N3O. The minimum Gasteiger partial charge on any atom is -0.339 e. The lowest BCUT2D eigenvalue weighted by Gasteiger charge is -2.34. The van der Waals surface area contributed by atoms with Crippen LogP contribution in [0.2, 0.25) is 0 Å². The van der Waals surface area contributed by atoms with Crippen LogP contribution in [0.3, 0.4) is 0 Å². The Bertz CT molecular complexity index is 698. The Morgan fingerprint density at radius 2 is 2.04 bits per heavy atom. The Hall–Kier alpha value is -1.60. The summed E-state index contributed by atoms with van der Waals surface area (Å²) in [5, 5.41) is 3.92. The van der Waals surface area contributed by atoms with Crippen molar-refractivity contribution in [2.24, 2.45) is 5.73 Å². The molecule has 0 bridgehead atoms. The fourth-order valence-electron chi connectivity index (χ4n) is 2.72. The Balaban J connectivity index is 0.00000208. The average Bonchev–Trinajstić information content (AvgIpc) is 2.93. The van der Waals surface area contributed by atoms with Gasteiger partial charge >= 0.3 is 6.18 Å². The van der Waals surface area contributed by atoms with E-state index in [1.165, 1.54) is 6.07 Å². The number of alkyl halides is 3. The molecule has 3 rings (SSSR count). The van der Waals surface area contributed by atoms with E-state index in [1.54, 1.807) is 6.07 Å². The maximum atomic E-state index is 12.8. The Morgan fingerprint density at radius 3 is 2.62 bits per heavy atom. The zero-order valence-electron chi connectivity index (χ0n) is 13.1. The lowest BCUT2D eigenvalue weighted by Crippen LogP contribution is -2.44. The fraction of sp³-hybridized carbons (Fsp3) is 0.500. The molecule has 1 aliphatic rings. The standard InChI is InChI=1S/C16H18F3N3O.ClH/c1-10(11-4-2-5-12(9-11)16(17,18)19)8-13-21-14(22-23-13)15(20)6-3-7-15;/h2,4-5,9-10H,3,6-8,20H2,1H3;1H. The normalized spacial score (nSPS) is 17.7. The Kier molecular flexibility index (Phi) is 5.25. The van der Waals surface area contributed by atoms with Crippen molar-refractivity contribution in [3.8, 4) is 0 Å². The molecule has 1 atom stereocenters. The van der Waals surface area contributed by atoms with E-state index >= 15 is 0 Å². The van der Waals surface area contributed by atoms with Gasteiger partial charge in [-0.2, -0.15) is 18.2 Å². The van der Waals surface area contributed by atoms with Gasteiger partial charge in [0.15, 0.2) is 5.82 Å². The van der Waals surface area contributed by atoms with Gasteiger partial charge < -0.3 is 10.3 Å². The van der Waals surface area contributed by atoms with E-state index in [0.29, 0.717) is 23.7 Å². The molecule has 1 heterocycles. The summed E-state index contributed by atoms with van der Waals surface area (Å²) >= 11 is 0. The molecule has 24 heavy (non-hydrogen) atoms. The molecule has 1 fully saturated rings. The summed E-state index contributed by atoms with van der Waals surface area (Å²) in [6.45, 7) is 1.83. The molecule has 0 saturated heterocycles. The van der Waals surface area contributed by atoms with Crippen LogP contribution >= 0.6 is 12.4 Å². The number of rotatable bonds is 4. The number of nitrogens with two attached hydrogens (primary N) is 1. The first-order chi connectivity index (χ1) is 10.8. The maximum Gasteiger partial charge on any atom is 0.416 e.